The van der Waals surface area contributed by atoms with Crippen LogP contribution in [0.4, 0.5) is 0 Å². The predicted molar refractivity (Wildman–Crippen MR) is 195 cm³/mol. The molecular weight excluding hydrogens is 589 g/mol. The van der Waals surface area contributed by atoms with E-state index in [1.54, 1.807) is 0 Å². The van der Waals surface area contributed by atoms with Gasteiger partial charge in [-0.25, -0.2) is 15.0 Å². The van der Waals surface area contributed by atoms with E-state index in [0.29, 0.717) is 17.5 Å². The van der Waals surface area contributed by atoms with Gasteiger partial charge >= 0.3 is 0 Å². The molecule has 5 heteroatoms. The third kappa shape index (κ3) is 4.08. The van der Waals surface area contributed by atoms with Crippen LogP contribution in [0.5, 0.6) is 0 Å². The Morgan fingerprint density at radius 1 is 0.438 bits per heavy atom. The van der Waals surface area contributed by atoms with Crippen molar-refractivity contribution >= 4 is 54.5 Å². The minimum atomic E-state index is 0.566. The molecule has 0 atom stereocenters. The van der Waals surface area contributed by atoms with Crippen LogP contribution < -0.4 is 0 Å². The van der Waals surface area contributed by atoms with Gasteiger partial charge in [0.1, 0.15) is 11.2 Å². The Hall–Kier alpha value is -6.59. The van der Waals surface area contributed by atoms with Crippen molar-refractivity contribution in [1.29, 1.82) is 0 Å². The number of aromatic nitrogens is 4. The minimum absolute atomic E-state index is 0.566. The highest BCUT2D eigenvalue weighted by Gasteiger charge is 2.19. The van der Waals surface area contributed by atoms with Crippen LogP contribution in [0.15, 0.2) is 162 Å². The monoisotopic (exact) mass is 614 g/mol. The molecule has 0 bridgehead atoms. The molecule has 0 aliphatic heterocycles. The van der Waals surface area contributed by atoms with Crippen molar-refractivity contribution in [3.05, 3.63) is 158 Å². The zero-order valence-corrected chi connectivity index (χ0v) is 25.7. The lowest BCUT2D eigenvalue weighted by atomic mass is 10.1. The van der Waals surface area contributed by atoms with Gasteiger partial charge in [0.15, 0.2) is 17.5 Å². The highest BCUT2D eigenvalue weighted by atomic mass is 16.3. The Morgan fingerprint density at radius 2 is 1.10 bits per heavy atom. The molecule has 7 aromatic carbocycles. The largest absolute Gasteiger partial charge is 0.455 e. The number of benzene rings is 7. The number of para-hydroxylation sites is 3. The molecule has 0 spiro atoms. The van der Waals surface area contributed by atoms with Crippen LogP contribution in [0.1, 0.15) is 0 Å². The van der Waals surface area contributed by atoms with Crippen LogP contribution in [0, 0.1) is 0 Å². The van der Waals surface area contributed by atoms with E-state index in [9.17, 15) is 0 Å². The van der Waals surface area contributed by atoms with E-state index < -0.39 is 0 Å². The number of hydrogen-bond acceptors (Lipinski definition) is 4. The fourth-order valence-corrected chi connectivity index (χ4v) is 7.05. The summed E-state index contributed by atoms with van der Waals surface area (Å²) in [5, 5.41) is 6.97. The molecule has 0 amide bonds. The van der Waals surface area contributed by atoms with E-state index in [1.807, 2.05) is 60.7 Å². The predicted octanol–water partition coefficient (Wildman–Crippen LogP) is 11.0. The first kappa shape index (κ1) is 26.6. The fraction of sp³-hybridized carbons (Fsp3) is 0. The molecule has 3 heterocycles. The summed E-state index contributed by atoms with van der Waals surface area (Å²) in [5.41, 5.74) is 7.63. The molecule has 0 saturated carbocycles. The summed E-state index contributed by atoms with van der Waals surface area (Å²) in [6, 6.07) is 54.5. The van der Waals surface area contributed by atoms with Crippen molar-refractivity contribution in [2.75, 3.05) is 0 Å². The number of rotatable bonds is 4. The molecule has 10 aromatic rings. The summed E-state index contributed by atoms with van der Waals surface area (Å²) in [7, 11) is 0. The summed E-state index contributed by atoms with van der Waals surface area (Å²) in [6.07, 6.45) is 0. The number of nitrogens with zero attached hydrogens (tertiary/aromatic N) is 4. The van der Waals surface area contributed by atoms with E-state index in [0.717, 1.165) is 49.8 Å². The molecule has 0 unspecified atom stereocenters. The van der Waals surface area contributed by atoms with Crippen molar-refractivity contribution in [1.82, 2.24) is 19.5 Å². The molecule has 5 nitrogen and oxygen atoms in total. The molecule has 0 N–H and O–H groups in total. The number of hydrogen-bond donors (Lipinski definition) is 0. The lowest BCUT2D eigenvalue weighted by Crippen LogP contribution is -2.01. The highest BCUT2D eigenvalue weighted by molar-refractivity contribution is 6.18. The smallest absolute Gasteiger partial charge is 0.167 e. The molecule has 0 aliphatic carbocycles. The van der Waals surface area contributed by atoms with Gasteiger partial charge in [0, 0.05) is 43.7 Å². The van der Waals surface area contributed by atoms with Crippen LogP contribution in [0.3, 0.4) is 0 Å². The Bertz CT molecular complexity index is 2850. The van der Waals surface area contributed by atoms with Crippen LogP contribution in [-0.4, -0.2) is 19.5 Å². The van der Waals surface area contributed by atoms with Gasteiger partial charge < -0.3 is 8.98 Å². The summed E-state index contributed by atoms with van der Waals surface area (Å²) in [4.78, 5) is 15.2. The first-order chi connectivity index (χ1) is 23.8. The van der Waals surface area contributed by atoms with Gasteiger partial charge in [-0.2, -0.15) is 0 Å². The van der Waals surface area contributed by atoms with Crippen molar-refractivity contribution in [2.24, 2.45) is 0 Å². The van der Waals surface area contributed by atoms with E-state index in [2.05, 4.69) is 102 Å². The first-order valence-electron chi connectivity index (χ1n) is 16.0. The summed E-state index contributed by atoms with van der Waals surface area (Å²) >= 11 is 0. The molecule has 3 aromatic heterocycles. The van der Waals surface area contributed by atoms with Gasteiger partial charge in [-0.1, -0.05) is 127 Å². The second-order valence-electron chi connectivity index (χ2n) is 12.0. The van der Waals surface area contributed by atoms with E-state index in [-0.39, 0.29) is 0 Å². The maximum atomic E-state index is 6.41. The van der Waals surface area contributed by atoms with Gasteiger partial charge in [0.2, 0.25) is 0 Å². The van der Waals surface area contributed by atoms with Crippen molar-refractivity contribution in [2.45, 2.75) is 0 Å². The molecule has 10 rings (SSSR count). The Balaban J connectivity index is 1.22. The van der Waals surface area contributed by atoms with Crippen molar-refractivity contribution < 1.29 is 4.42 Å². The molecule has 0 fully saturated rings. The zero-order valence-electron chi connectivity index (χ0n) is 25.7. The third-order valence-corrected chi connectivity index (χ3v) is 9.23. The van der Waals surface area contributed by atoms with E-state index in [4.69, 9.17) is 19.4 Å². The van der Waals surface area contributed by atoms with Gasteiger partial charge in [0.05, 0.1) is 16.6 Å². The zero-order chi connectivity index (χ0) is 31.6. The van der Waals surface area contributed by atoms with Crippen LogP contribution >= 0.6 is 0 Å². The highest BCUT2D eigenvalue weighted by Crippen LogP contribution is 2.38. The van der Waals surface area contributed by atoms with Crippen LogP contribution in [0.2, 0.25) is 0 Å². The summed E-state index contributed by atoms with van der Waals surface area (Å²) in [6.45, 7) is 0. The van der Waals surface area contributed by atoms with E-state index in [1.165, 1.54) is 27.1 Å². The summed E-state index contributed by atoms with van der Waals surface area (Å²) < 4.78 is 8.78. The maximum absolute atomic E-state index is 6.41. The number of fused-ring (bicyclic) bond motifs is 8. The topological polar surface area (TPSA) is 56.7 Å². The minimum Gasteiger partial charge on any atom is -0.455 e. The summed E-state index contributed by atoms with van der Waals surface area (Å²) in [5.74, 6) is 1.77. The quantitative estimate of drug-likeness (QED) is 0.198. The van der Waals surface area contributed by atoms with E-state index >= 15 is 0 Å². The third-order valence-electron chi connectivity index (χ3n) is 9.23. The van der Waals surface area contributed by atoms with Crippen LogP contribution in [-0.2, 0) is 0 Å². The Morgan fingerprint density at radius 3 is 2.00 bits per heavy atom. The first-order valence-corrected chi connectivity index (χ1v) is 16.0. The molecular formula is C43H26N4O. The average molecular weight is 615 g/mol. The number of furan rings is 1. The molecule has 0 radical (unpaired) electrons. The van der Waals surface area contributed by atoms with Crippen molar-refractivity contribution in [3.8, 4) is 39.9 Å². The lowest BCUT2D eigenvalue weighted by Gasteiger charge is -2.12. The SMILES string of the molecule is c1ccc(-c2nc(-c3cccc(-n4c5ccccc5c5ccc6ccccc6c54)c3)nc(-c3cccc4c3oc3ccccc34)n2)cc1. The molecule has 224 valence electrons. The van der Waals surface area contributed by atoms with Gasteiger partial charge in [-0.3, -0.25) is 0 Å². The Labute approximate surface area is 275 Å². The van der Waals surface area contributed by atoms with Gasteiger partial charge in [-0.05, 0) is 35.7 Å². The second-order valence-corrected chi connectivity index (χ2v) is 12.0. The van der Waals surface area contributed by atoms with Gasteiger partial charge in [0.25, 0.3) is 0 Å². The molecule has 0 saturated heterocycles. The molecule has 48 heavy (non-hydrogen) atoms. The average Bonchev–Trinajstić information content (AvgIpc) is 3.71. The van der Waals surface area contributed by atoms with Crippen LogP contribution in [0.25, 0.3) is 94.4 Å². The normalized spacial score (nSPS) is 11.8. The standard InChI is InChI=1S/C43H26N4O/c1-2-13-28(14-3-1)41-44-42(46-43(45-41)36-21-11-20-35-33-19-7-9-23-38(33)48-40(35)36)29-15-10-16-30(26-29)47-37-22-8-6-18-32(37)34-25-24-27-12-4-5-17-31(27)39(34)47/h1-26H. The Kier molecular flexibility index (Phi) is 5.81. The second kappa shape index (κ2) is 10.5. The van der Waals surface area contributed by atoms with Crippen molar-refractivity contribution in [3.63, 3.8) is 0 Å². The van der Waals surface area contributed by atoms with Gasteiger partial charge in [-0.15, -0.1) is 0 Å². The lowest BCUT2D eigenvalue weighted by molar-refractivity contribution is 0.669. The fourth-order valence-electron chi connectivity index (χ4n) is 7.05. The maximum Gasteiger partial charge on any atom is 0.167 e. The molecule has 0 aliphatic rings.